The number of benzene rings is 1. The second kappa shape index (κ2) is 6.91. The highest BCUT2D eigenvalue weighted by Crippen LogP contribution is 2.38. The van der Waals surface area contributed by atoms with E-state index in [1.807, 2.05) is 36.2 Å². The number of aryl methyl sites for hydroxylation is 1. The van der Waals surface area contributed by atoms with Crippen molar-refractivity contribution in [3.05, 3.63) is 34.9 Å². The maximum absolute atomic E-state index is 12.5. The van der Waals surface area contributed by atoms with Crippen molar-refractivity contribution in [2.24, 2.45) is 11.8 Å². The Balaban J connectivity index is 1.52. The Bertz CT molecular complexity index is 604. The van der Waals surface area contributed by atoms with Gasteiger partial charge in [0, 0.05) is 37.5 Å². The summed E-state index contributed by atoms with van der Waals surface area (Å²) in [6.07, 6.45) is 3.79. The number of carbonyl (C=O) groups is 2. The van der Waals surface area contributed by atoms with E-state index in [0.29, 0.717) is 36.1 Å². The Kier molecular flexibility index (Phi) is 4.90. The molecule has 2 aliphatic rings. The Morgan fingerprint density at radius 3 is 2.91 bits per heavy atom. The van der Waals surface area contributed by atoms with Gasteiger partial charge in [-0.1, -0.05) is 23.7 Å². The molecule has 0 spiro atoms. The first kappa shape index (κ1) is 16.3. The van der Waals surface area contributed by atoms with Crippen LogP contribution >= 0.6 is 11.6 Å². The molecular weight excluding hydrogens is 312 g/mol. The summed E-state index contributed by atoms with van der Waals surface area (Å²) in [6.45, 7) is 0.768. The number of nitrogens with one attached hydrogen (secondary N) is 1. The smallest absolute Gasteiger partial charge is 0.222 e. The van der Waals surface area contributed by atoms with Crippen LogP contribution in [0, 0.1) is 11.8 Å². The zero-order valence-electron chi connectivity index (χ0n) is 13.4. The standard InChI is InChI=1S/C18H23ClN2O2/c1-21(16-8-13-10-17(22)20-11-14(13)9-16)18(23)6-5-12-3-2-4-15(19)7-12/h2-4,7,13-14,16H,5-6,8-11H2,1H3,(H,20,22)/t13-,14+,16-/m1/s1. The Morgan fingerprint density at radius 1 is 1.35 bits per heavy atom. The molecule has 3 rings (SSSR count). The van der Waals surface area contributed by atoms with Crippen LogP contribution in [0.3, 0.4) is 0 Å². The van der Waals surface area contributed by atoms with Crippen LogP contribution in [0.4, 0.5) is 0 Å². The summed E-state index contributed by atoms with van der Waals surface area (Å²) in [5.74, 6) is 1.30. The largest absolute Gasteiger partial charge is 0.356 e. The molecule has 1 aliphatic heterocycles. The Morgan fingerprint density at radius 2 is 2.13 bits per heavy atom. The number of fused-ring (bicyclic) bond motifs is 1. The van der Waals surface area contributed by atoms with Crippen molar-refractivity contribution in [2.75, 3.05) is 13.6 Å². The number of hydrogen-bond acceptors (Lipinski definition) is 2. The molecule has 5 heteroatoms. The topological polar surface area (TPSA) is 49.4 Å². The summed E-state index contributed by atoms with van der Waals surface area (Å²) >= 11 is 5.98. The van der Waals surface area contributed by atoms with Crippen molar-refractivity contribution in [1.82, 2.24) is 10.2 Å². The molecule has 2 amide bonds. The van der Waals surface area contributed by atoms with Gasteiger partial charge in [-0.2, -0.15) is 0 Å². The van der Waals surface area contributed by atoms with Crippen molar-refractivity contribution in [3.8, 4) is 0 Å². The predicted octanol–water partition coefficient (Wildman–Crippen LogP) is 2.65. The number of nitrogens with zero attached hydrogens (tertiary/aromatic N) is 1. The lowest BCUT2D eigenvalue weighted by Crippen LogP contribution is -2.38. The predicted molar refractivity (Wildman–Crippen MR) is 90.2 cm³/mol. The lowest BCUT2D eigenvalue weighted by Gasteiger charge is -2.25. The first-order chi connectivity index (χ1) is 11.0. The minimum atomic E-state index is 0.154. The molecule has 3 atom stereocenters. The highest BCUT2D eigenvalue weighted by molar-refractivity contribution is 6.30. The maximum Gasteiger partial charge on any atom is 0.222 e. The fourth-order valence-electron chi connectivity index (χ4n) is 3.88. The molecule has 4 nitrogen and oxygen atoms in total. The third-order valence-corrected chi connectivity index (χ3v) is 5.52. The van der Waals surface area contributed by atoms with Crippen molar-refractivity contribution in [2.45, 2.75) is 38.1 Å². The average Bonchev–Trinajstić information content (AvgIpc) is 2.95. The molecule has 1 heterocycles. The van der Waals surface area contributed by atoms with E-state index in [-0.39, 0.29) is 17.9 Å². The van der Waals surface area contributed by atoms with Crippen LogP contribution in [-0.4, -0.2) is 36.3 Å². The third-order valence-electron chi connectivity index (χ3n) is 5.28. The van der Waals surface area contributed by atoms with Crippen LogP contribution in [0.25, 0.3) is 0 Å². The van der Waals surface area contributed by atoms with E-state index in [4.69, 9.17) is 11.6 Å². The lowest BCUT2D eigenvalue weighted by atomic mass is 9.89. The van der Waals surface area contributed by atoms with Gasteiger partial charge >= 0.3 is 0 Å². The van der Waals surface area contributed by atoms with Gasteiger partial charge in [0.05, 0.1) is 0 Å². The van der Waals surface area contributed by atoms with Crippen LogP contribution in [0.2, 0.25) is 5.02 Å². The summed E-state index contributed by atoms with van der Waals surface area (Å²) in [7, 11) is 1.90. The number of hydrogen-bond donors (Lipinski definition) is 1. The minimum absolute atomic E-state index is 0.154. The van der Waals surface area contributed by atoms with Crippen LogP contribution in [0.1, 0.15) is 31.2 Å². The van der Waals surface area contributed by atoms with Gasteiger partial charge in [0.1, 0.15) is 0 Å². The number of carbonyl (C=O) groups excluding carboxylic acids is 2. The van der Waals surface area contributed by atoms with E-state index in [1.54, 1.807) is 0 Å². The molecule has 23 heavy (non-hydrogen) atoms. The fraction of sp³-hybridized carbons (Fsp3) is 0.556. The lowest BCUT2D eigenvalue weighted by molar-refractivity contribution is -0.131. The molecule has 2 fully saturated rings. The molecule has 0 radical (unpaired) electrons. The molecule has 1 saturated carbocycles. The van der Waals surface area contributed by atoms with Gasteiger partial charge in [0.2, 0.25) is 11.8 Å². The monoisotopic (exact) mass is 334 g/mol. The van der Waals surface area contributed by atoms with Crippen molar-refractivity contribution < 1.29 is 9.59 Å². The molecule has 1 aromatic carbocycles. The van der Waals surface area contributed by atoms with Gasteiger partial charge in [-0.15, -0.1) is 0 Å². The molecule has 1 saturated heterocycles. The summed E-state index contributed by atoms with van der Waals surface area (Å²) in [5, 5.41) is 3.65. The number of rotatable bonds is 4. The van der Waals surface area contributed by atoms with E-state index >= 15 is 0 Å². The van der Waals surface area contributed by atoms with Crippen LogP contribution in [-0.2, 0) is 16.0 Å². The number of halogens is 1. The quantitative estimate of drug-likeness (QED) is 0.920. The zero-order valence-corrected chi connectivity index (χ0v) is 14.2. The highest BCUT2D eigenvalue weighted by Gasteiger charge is 2.40. The number of amides is 2. The molecule has 1 aliphatic carbocycles. The van der Waals surface area contributed by atoms with Crippen molar-refractivity contribution in [3.63, 3.8) is 0 Å². The molecule has 1 aromatic rings. The minimum Gasteiger partial charge on any atom is -0.356 e. The van der Waals surface area contributed by atoms with E-state index < -0.39 is 0 Å². The summed E-state index contributed by atoms with van der Waals surface area (Å²) in [6, 6.07) is 7.94. The van der Waals surface area contributed by atoms with Gasteiger partial charge in [-0.3, -0.25) is 9.59 Å². The fourth-order valence-corrected chi connectivity index (χ4v) is 4.09. The molecule has 0 aromatic heterocycles. The molecule has 0 bridgehead atoms. The normalized spacial score (nSPS) is 26.5. The van der Waals surface area contributed by atoms with E-state index in [2.05, 4.69) is 5.32 Å². The molecule has 0 unspecified atom stereocenters. The van der Waals surface area contributed by atoms with Gasteiger partial charge < -0.3 is 10.2 Å². The Labute approximate surface area is 142 Å². The molecule has 1 N–H and O–H groups in total. The van der Waals surface area contributed by atoms with Crippen LogP contribution in [0.5, 0.6) is 0 Å². The SMILES string of the molecule is CN(C(=O)CCc1cccc(Cl)c1)[C@H]1C[C@H]2CNC(=O)C[C@H]2C1. The first-order valence-corrected chi connectivity index (χ1v) is 8.67. The molecule has 124 valence electrons. The zero-order chi connectivity index (χ0) is 16.4. The van der Waals surface area contributed by atoms with Crippen molar-refractivity contribution >= 4 is 23.4 Å². The summed E-state index contributed by atoms with van der Waals surface area (Å²) < 4.78 is 0. The second-order valence-electron chi connectivity index (χ2n) is 6.79. The van der Waals surface area contributed by atoms with E-state index in [9.17, 15) is 9.59 Å². The van der Waals surface area contributed by atoms with Gasteiger partial charge in [0.25, 0.3) is 0 Å². The summed E-state index contributed by atoms with van der Waals surface area (Å²) in [5.41, 5.74) is 1.09. The van der Waals surface area contributed by atoms with Crippen LogP contribution in [0.15, 0.2) is 24.3 Å². The second-order valence-corrected chi connectivity index (χ2v) is 7.22. The van der Waals surface area contributed by atoms with Crippen LogP contribution < -0.4 is 5.32 Å². The first-order valence-electron chi connectivity index (χ1n) is 8.29. The highest BCUT2D eigenvalue weighted by atomic mass is 35.5. The average molecular weight is 335 g/mol. The van der Waals surface area contributed by atoms with Gasteiger partial charge in [-0.05, 0) is 48.8 Å². The Hall–Kier alpha value is -1.55. The maximum atomic E-state index is 12.5. The van der Waals surface area contributed by atoms with E-state index in [0.717, 1.165) is 24.9 Å². The third kappa shape index (κ3) is 3.86. The van der Waals surface area contributed by atoms with Gasteiger partial charge in [-0.25, -0.2) is 0 Å². The molecular formula is C18H23ClN2O2. The van der Waals surface area contributed by atoms with E-state index in [1.165, 1.54) is 0 Å². The van der Waals surface area contributed by atoms with Gasteiger partial charge in [0.15, 0.2) is 0 Å². The summed E-state index contributed by atoms with van der Waals surface area (Å²) in [4.78, 5) is 25.9. The number of piperidine rings is 1. The van der Waals surface area contributed by atoms with Crippen molar-refractivity contribution in [1.29, 1.82) is 0 Å².